The number of aryl methyl sites for hydroxylation is 3. The van der Waals surface area contributed by atoms with Crippen LogP contribution in [0.5, 0.6) is 11.5 Å². The van der Waals surface area contributed by atoms with Crippen molar-refractivity contribution in [1.82, 2.24) is 4.98 Å². The van der Waals surface area contributed by atoms with Gasteiger partial charge in [-0.1, -0.05) is 31.5 Å². The predicted octanol–water partition coefficient (Wildman–Crippen LogP) is 5.97. The van der Waals surface area contributed by atoms with Crippen molar-refractivity contribution < 1.29 is 18.7 Å². The van der Waals surface area contributed by atoms with Gasteiger partial charge >= 0.3 is 0 Å². The topological polar surface area (TPSA) is 81.9 Å². The lowest BCUT2D eigenvalue weighted by molar-refractivity contribution is 0.0971. The summed E-state index contributed by atoms with van der Waals surface area (Å²) in [6, 6.07) is 10.2. The van der Waals surface area contributed by atoms with Gasteiger partial charge in [-0.25, -0.2) is 4.98 Å². The molecule has 0 N–H and O–H groups in total. The van der Waals surface area contributed by atoms with Crippen LogP contribution in [0.4, 0.5) is 5.13 Å². The minimum Gasteiger partial charge on any atom is -0.493 e. The van der Waals surface area contributed by atoms with E-state index in [2.05, 4.69) is 18.8 Å². The van der Waals surface area contributed by atoms with Gasteiger partial charge in [-0.15, -0.1) is 11.3 Å². The number of carbonyl (C=O) groups excluding carboxylic acids is 1. The van der Waals surface area contributed by atoms with Crippen LogP contribution in [0.2, 0.25) is 0 Å². The van der Waals surface area contributed by atoms with Crippen LogP contribution in [0, 0.1) is 26.7 Å². The van der Waals surface area contributed by atoms with Crippen LogP contribution in [0.15, 0.2) is 45.6 Å². The van der Waals surface area contributed by atoms with E-state index in [-0.39, 0.29) is 17.1 Å². The van der Waals surface area contributed by atoms with Crippen molar-refractivity contribution in [3.05, 3.63) is 79.6 Å². The van der Waals surface area contributed by atoms with E-state index in [4.69, 9.17) is 13.9 Å². The Kier molecular flexibility index (Phi) is 6.08. The summed E-state index contributed by atoms with van der Waals surface area (Å²) in [7, 11) is 1.57. The summed E-state index contributed by atoms with van der Waals surface area (Å²) in [6.07, 6.45) is 0. The number of thiazole rings is 1. The first-order valence-corrected chi connectivity index (χ1v) is 12.7. The lowest BCUT2D eigenvalue weighted by atomic mass is 9.98. The van der Waals surface area contributed by atoms with Crippen LogP contribution in [-0.4, -0.2) is 24.6 Å². The molecule has 2 aromatic carbocycles. The maximum Gasteiger partial charge on any atom is 0.297 e. The quantitative estimate of drug-likeness (QED) is 0.322. The van der Waals surface area contributed by atoms with E-state index >= 15 is 0 Å². The van der Waals surface area contributed by atoms with Crippen molar-refractivity contribution in [2.24, 2.45) is 5.92 Å². The van der Waals surface area contributed by atoms with E-state index in [0.717, 1.165) is 16.1 Å². The zero-order valence-corrected chi connectivity index (χ0v) is 22.0. The number of ether oxygens (including phenoxy) is 2. The Morgan fingerprint density at radius 1 is 1.08 bits per heavy atom. The summed E-state index contributed by atoms with van der Waals surface area (Å²) in [6.45, 7) is 10.5. The molecule has 1 unspecified atom stereocenters. The maximum absolute atomic E-state index is 13.8. The molecule has 0 saturated heterocycles. The second-order valence-corrected chi connectivity index (χ2v) is 10.7. The van der Waals surface area contributed by atoms with E-state index in [9.17, 15) is 9.59 Å². The third-order valence-corrected chi connectivity index (χ3v) is 7.40. The first-order chi connectivity index (χ1) is 17.2. The Morgan fingerprint density at radius 2 is 1.86 bits per heavy atom. The molecule has 186 valence electrons. The molecule has 0 spiro atoms. The average Bonchev–Trinajstić information content (AvgIpc) is 3.33. The van der Waals surface area contributed by atoms with E-state index < -0.39 is 6.04 Å². The number of rotatable bonds is 6. The van der Waals surface area contributed by atoms with Gasteiger partial charge in [-0.3, -0.25) is 14.5 Å². The molecule has 2 aromatic heterocycles. The zero-order valence-electron chi connectivity index (χ0n) is 21.2. The first kappa shape index (κ1) is 24.1. The van der Waals surface area contributed by atoms with Gasteiger partial charge in [-0.05, 0) is 56.5 Å². The van der Waals surface area contributed by atoms with Gasteiger partial charge in [0.15, 0.2) is 22.1 Å². The fraction of sp³-hybridized carbons (Fsp3) is 0.321. The molecule has 0 radical (unpaired) electrons. The Morgan fingerprint density at radius 3 is 2.53 bits per heavy atom. The van der Waals surface area contributed by atoms with Crippen LogP contribution >= 0.6 is 11.3 Å². The highest BCUT2D eigenvalue weighted by molar-refractivity contribution is 7.15. The monoisotopic (exact) mass is 504 g/mol. The summed E-state index contributed by atoms with van der Waals surface area (Å²) in [5, 5.41) is 0.967. The van der Waals surface area contributed by atoms with Crippen molar-refractivity contribution in [3.8, 4) is 11.5 Å². The Labute approximate surface area is 213 Å². The molecular weight excluding hydrogens is 476 g/mol. The average molecular weight is 505 g/mol. The highest BCUT2D eigenvalue weighted by atomic mass is 32.1. The normalized spacial score (nSPS) is 15.1. The molecule has 36 heavy (non-hydrogen) atoms. The number of hydrogen-bond donors (Lipinski definition) is 0. The number of fused-ring (bicyclic) bond motifs is 2. The molecule has 1 aliphatic rings. The Bertz CT molecular complexity index is 1530. The maximum atomic E-state index is 13.8. The second-order valence-electron chi connectivity index (χ2n) is 9.50. The number of methoxy groups -OCH3 is 1. The van der Waals surface area contributed by atoms with Crippen LogP contribution < -0.4 is 19.8 Å². The SMILES string of the molecule is COc1cc(C2c3c(oc4ccc(C)cc4c3=O)C(=O)N2c2nc(C)c(C)s2)ccc1OCC(C)C. The van der Waals surface area contributed by atoms with Crippen molar-refractivity contribution in [2.45, 2.75) is 40.7 Å². The molecule has 0 aliphatic carbocycles. The predicted molar refractivity (Wildman–Crippen MR) is 141 cm³/mol. The Hall–Kier alpha value is -3.65. The molecule has 1 aliphatic heterocycles. The largest absolute Gasteiger partial charge is 0.493 e. The van der Waals surface area contributed by atoms with Crippen molar-refractivity contribution >= 4 is 33.3 Å². The Balaban J connectivity index is 1.74. The molecule has 1 atom stereocenters. The summed E-state index contributed by atoms with van der Waals surface area (Å²) >= 11 is 1.42. The van der Waals surface area contributed by atoms with Gasteiger partial charge < -0.3 is 13.9 Å². The first-order valence-electron chi connectivity index (χ1n) is 11.8. The third kappa shape index (κ3) is 3.95. The lowest BCUT2D eigenvalue weighted by Gasteiger charge is -2.23. The summed E-state index contributed by atoms with van der Waals surface area (Å²) < 4.78 is 17.6. The number of nitrogens with zero attached hydrogens (tertiary/aromatic N) is 2. The summed E-state index contributed by atoms with van der Waals surface area (Å²) in [5.74, 6) is 1.14. The standard InChI is InChI=1S/C28H28N2O5S/c1-14(2)13-34-21-10-8-18(12-22(21)33-6)24-23-25(31)19-11-15(3)7-9-20(19)35-26(23)27(32)30(24)28-29-16(4)17(5)36-28/h7-12,14,24H,13H2,1-6H3. The van der Waals surface area contributed by atoms with Gasteiger partial charge in [0.05, 0.1) is 36.4 Å². The number of amides is 1. The zero-order chi connectivity index (χ0) is 25.7. The molecular formula is C28H28N2O5S. The van der Waals surface area contributed by atoms with Crippen molar-refractivity contribution in [3.63, 3.8) is 0 Å². The van der Waals surface area contributed by atoms with E-state index in [1.165, 1.54) is 11.3 Å². The molecule has 7 nitrogen and oxygen atoms in total. The molecule has 4 aromatic rings. The molecule has 0 saturated carbocycles. The molecule has 8 heteroatoms. The molecule has 1 amide bonds. The van der Waals surface area contributed by atoms with Crippen molar-refractivity contribution in [1.29, 1.82) is 0 Å². The van der Waals surface area contributed by atoms with Gasteiger partial charge in [-0.2, -0.15) is 0 Å². The van der Waals surface area contributed by atoms with Gasteiger partial charge in [0, 0.05) is 4.88 Å². The smallest absolute Gasteiger partial charge is 0.297 e. The molecule has 5 rings (SSSR count). The molecule has 3 heterocycles. The fourth-order valence-corrected chi connectivity index (χ4v) is 5.32. The second kappa shape index (κ2) is 9.09. The molecule has 0 bridgehead atoms. The van der Waals surface area contributed by atoms with Crippen LogP contribution in [0.25, 0.3) is 11.0 Å². The van der Waals surface area contributed by atoms with Gasteiger partial charge in [0.1, 0.15) is 5.58 Å². The number of aromatic nitrogens is 1. The third-order valence-electron chi connectivity index (χ3n) is 6.32. The van der Waals surface area contributed by atoms with E-state index in [1.807, 2.05) is 45.0 Å². The number of hydrogen-bond acceptors (Lipinski definition) is 7. The van der Waals surface area contributed by atoms with Gasteiger partial charge in [0.2, 0.25) is 5.76 Å². The minimum absolute atomic E-state index is 0.0472. The highest BCUT2D eigenvalue weighted by Crippen LogP contribution is 2.44. The highest BCUT2D eigenvalue weighted by Gasteiger charge is 2.45. The minimum atomic E-state index is -0.716. The van der Waals surface area contributed by atoms with E-state index in [1.54, 1.807) is 24.1 Å². The lowest BCUT2D eigenvalue weighted by Crippen LogP contribution is -2.29. The molecule has 0 fully saturated rings. The van der Waals surface area contributed by atoms with Gasteiger partial charge in [0.25, 0.3) is 5.91 Å². The number of anilines is 1. The fourth-order valence-electron chi connectivity index (χ4n) is 4.39. The summed E-state index contributed by atoms with van der Waals surface area (Å²) in [5.41, 5.74) is 2.96. The van der Waals surface area contributed by atoms with Crippen LogP contribution in [0.1, 0.15) is 57.7 Å². The van der Waals surface area contributed by atoms with Crippen LogP contribution in [-0.2, 0) is 0 Å². The van der Waals surface area contributed by atoms with Crippen molar-refractivity contribution in [2.75, 3.05) is 18.6 Å². The number of carbonyl (C=O) groups is 1. The van der Waals surface area contributed by atoms with E-state index in [0.29, 0.717) is 51.3 Å². The number of benzene rings is 2. The van der Waals surface area contributed by atoms with Crippen LogP contribution in [0.3, 0.4) is 0 Å². The summed E-state index contributed by atoms with van der Waals surface area (Å²) in [4.78, 5) is 34.8.